The summed E-state index contributed by atoms with van der Waals surface area (Å²) in [6.45, 7) is 6.83. The summed E-state index contributed by atoms with van der Waals surface area (Å²) in [6.07, 6.45) is 0.415. The van der Waals surface area contributed by atoms with Gasteiger partial charge in [0.1, 0.15) is 5.75 Å². The molecule has 1 aliphatic heterocycles. The standard InChI is InChI=1S/C20H23NO2/c1-14(2)17-9-5-7-11-19(17)23-15(3)20(22)21-13-12-16-8-4-6-10-18(16)21/h4-11,14-15H,12-13H2,1-3H3. The number of benzene rings is 2. The minimum Gasteiger partial charge on any atom is -0.481 e. The fraction of sp³-hybridized carbons (Fsp3) is 0.350. The van der Waals surface area contributed by atoms with Gasteiger partial charge in [-0.2, -0.15) is 0 Å². The highest BCUT2D eigenvalue weighted by Crippen LogP contribution is 2.30. The number of rotatable bonds is 4. The van der Waals surface area contributed by atoms with Gasteiger partial charge < -0.3 is 9.64 Å². The number of anilines is 1. The Morgan fingerprint density at radius 2 is 1.74 bits per heavy atom. The second-order valence-corrected chi connectivity index (χ2v) is 6.32. The molecule has 2 aromatic carbocycles. The molecule has 120 valence electrons. The quantitative estimate of drug-likeness (QED) is 0.848. The van der Waals surface area contributed by atoms with Crippen molar-refractivity contribution >= 4 is 11.6 Å². The number of ether oxygens (including phenoxy) is 1. The van der Waals surface area contributed by atoms with Crippen molar-refractivity contribution in [3.63, 3.8) is 0 Å². The number of para-hydroxylation sites is 2. The average molecular weight is 309 g/mol. The van der Waals surface area contributed by atoms with Crippen LogP contribution in [0.2, 0.25) is 0 Å². The van der Waals surface area contributed by atoms with Crippen LogP contribution in [0.1, 0.15) is 37.8 Å². The van der Waals surface area contributed by atoms with Gasteiger partial charge in [0.25, 0.3) is 5.91 Å². The van der Waals surface area contributed by atoms with E-state index in [1.165, 1.54) is 5.56 Å². The highest BCUT2D eigenvalue weighted by Gasteiger charge is 2.29. The summed E-state index contributed by atoms with van der Waals surface area (Å²) in [5, 5.41) is 0. The fourth-order valence-electron chi connectivity index (χ4n) is 3.09. The van der Waals surface area contributed by atoms with E-state index < -0.39 is 6.10 Å². The Labute approximate surface area is 137 Å². The second-order valence-electron chi connectivity index (χ2n) is 6.32. The predicted molar refractivity (Wildman–Crippen MR) is 93.1 cm³/mol. The Morgan fingerprint density at radius 3 is 2.52 bits per heavy atom. The predicted octanol–water partition coefficient (Wildman–Crippen LogP) is 4.17. The molecule has 3 nitrogen and oxygen atoms in total. The van der Waals surface area contributed by atoms with Crippen LogP contribution in [0, 0.1) is 0 Å². The van der Waals surface area contributed by atoms with Gasteiger partial charge in [0.15, 0.2) is 6.10 Å². The van der Waals surface area contributed by atoms with E-state index in [4.69, 9.17) is 4.74 Å². The molecule has 1 atom stereocenters. The van der Waals surface area contributed by atoms with Crippen molar-refractivity contribution in [1.82, 2.24) is 0 Å². The third kappa shape index (κ3) is 3.09. The normalized spacial score (nSPS) is 14.7. The Morgan fingerprint density at radius 1 is 1.04 bits per heavy atom. The number of amides is 1. The molecule has 0 bridgehead atoms. The molecule has 0 spiro atoms. The Hall–Kier alpha value is -2.29. The average Bonchev–Trinajstić information content (AvgIpc) is 2.98. The number of carbonyl (C=O) groups excluding carboxylic acids is 1. The van der Waals surface area contributed by atoms with Gasteiger partial charge in [0, 0.05) is 12.2 Å². The van der Waals surface area contributed by atoms with Gasteiger partial charge >= 0.3 is 0 Å². The molecule has 0 aromatic heterocycles. The molecule has 2 aromatic rings. The molecule has 1 unspecified atom stereocenters. The van der Waals surface area contributed by atoms with E-state index >= 15 is 0 Å². The minimum absolute atomic E-state index is 0.0218. The van der Waals surface area contributed by atoms with Crippen molar-refractivity contribution in [2.24, 2.45) is 0 Å². The highest BCUT2D eigenvalue weighted by molar-refractivity contribution is 5.98. The van der Waals surface area contributed by atoms with Crippen LogP contribution in [0.15, 0.2) is 48.5 Å². The topological polar surface area (TPSA) is 29.5 Å². The van der Waals surface area contributed by atoms with E-state index in [2.05, 4.69) is 26.0 Å². The molecule has 3 rings (SSSR count). The molecule has 0 saturated carbocycles. The van der Waals surface area contributed by atoms with Crippen LogP contribution >= 0.6 is 0 Å². The number of hydrogen-bond donors (Lipinski definition) is 0. The molecule has 0 aliphatic carbocycles. The van der Waals surface area contributed by atoms with Crippen LogP contribution < -0.4 is 9.64 Å². The maximum Gasteiger partial charge on any atom is 0.267 e. The first-order valence-electron chi connectivity index (χ1n) is 8.23. The third-order valence-corrected chi connectivity index (χ3v) is 4.35. The van der Waals surface area contributed by atoms with Crippen molar-refractivity contribution in [2.45, 2.75) is 39.2 Å². The number of nitrogens with zero attached hydrogens (tertiary/aromatic N) is 1. The Balaban J connectivity index is 1.77. The first kappa shape index (κ1) is 15.6. The lowest BCUT2D eigenvalue weighted by Crippen LogP contribution is -2.39. The SMILES string of the molecule is CC(Oc1ccccc1C(C)C)C(=O)N1CCc2ccccc21. The molecule has 3 heteroatoms. The lowest BCUT2D eigenvalue weighted by molar-refractivity contribution is -0.124. The van der Waals surface area contributed by atoms with E-state index in [9.17, 15) is 4.79 Å². The summed E-state index contributed by atoms with van der Waals surface area (Å²) in [5.41, 5.74) is 3.38. The van der Waals surface area contributed by atoms with Crippen molar-refractivity contribution < 1.29 is 9.53 Å². The number of carbonyl (C=O) groups is 1. The van der Waals surface area contributed by atoms with Crippen molar-refractivity contribution in [3.05, 3.63) is 59.7 Å². The number of hydrogen-bond acceptors (Lipinski definition) is 2. The summed E-state index contributed by atoms with van der Waals surface area (Å²) in [6, 6.07) is 16.0. The van der Waals surface area contributed by atoms with E-state index in [1.54, 1.807) is 0 Å². The van der Waals surface area contributed by atoms with E-state index in [-0.39, 0.29) is 5.91 Å². The van der Waals surface area contributed by atoms with Crippen LogP contribution in [0.4, 0.5) is 5.69 Å². The molecule has 1 heterocycles. The molecule has 1 amide bonds. The van der Waals surface area contributed by atoms with Gasteiger partial charge in [0.05, 0.1) is 0 Å². The lowest BCUT2D eigenvalue weighted by Gasteiger charge is -2.24. The summed E-state index contributed by atoms with van der Waals surface area (Å²) < 4.78 is 6.00. The van der Waals surface area contributed by atoms with Gasteiger partial charge in [-0.1, -0.05) is 50.2 Å². The smallest absolute Gasteiger partial charge is 0.267 e. The maximum absolute atomic E-state index is 12.8. The zero-order valence-corrected chi connectivity index (χ0v) is 14.0. The fourth-order valence-corrected chi connectivity index (χ4v) is 3.09. The monoisotopic (exact) mass is 309 g/mol. The van der Waals surface area contributed by atoms with Gasteiger partial charge in [-0.25, -0.2) is 0 Å². The summed E-state index contributed by atoms with van der Waals surface area (Å²) in [7, 11) is 0. The Kier molecular flexibility index (Phi) is 4.37. The van der Waals surface area contributed by atoms with E-state index in [0.29, 0.717) is 5.92 Å². The molecule has 0 N–H and O–H groups in total. The lowest BCUT2D eigenvalue weighted by atomic mass is 10.0. The van der Waals surface area contributed by atoms with Gasteiger partial charge in [-0.3, -0.25) is 4.79 Å². The first-order valence-corrected chi connectivity index (χ1v) is 8.23. The molecule has 23 heavy (non-hydrogen) atoms. The largest absolute Gasteiger partial charge is 0.481 e. The molecule has 0 saturated heterocycles. The van der Waals surface area contributed by atoms with Crippen molar-refractivity contribution in [1.29, 1.82) is 0 Å². The van der Waals surface area contributed by atoms with Gasteiger partial charge in [0.2, 0.25) is 0 Å². The summed E-state index contributed by atoms with van der Waals surface area (Å²) in [5.74, 6) is 1.19. The Bertz CT molecular complexity index is 708. The minimum atomic E-state index is -0.499. The van der Waals surface area contributed by atoms with Crippen LogP contribution in [0.3, 0.4) is 0 Å². The molecular formula is C20H23NO2. The third-order valence-electron chi connectivity index (χ3n) is 4.35. The van der Waals surface area contributed by atoms with Crippen LogP contribution in [0.5, 0.6) is 5.75 Å². The van der Waals surface area contributed by atoms with Crippen LogP contribution in [0.25, 0.3) is 0 Å². The van der Waals surface area contributed by atoms with Gasteiger partial charge in [-0.15, -0.1) is 0 Å². The highest BCUT2D eigenvalue weighted by atomic mass is 16.5. The van der Waals surface area contributed by atoms with E-state index in [0.717, 1.165) is 30.0 Å². The van der Waals surface area contributed by atoms with Crippen molar-refractivity contribution in [2.75, 3.05) is 11.4 Å². The summed E-state index contributed by atoms with van der Waals surface area (Å²) >= 11 is 0. The molecule has 0 radical (unpaired) electrons. The summed E-state index contributed by atoms with van der Waals surface area (Å²) in [4.78, 5) is 14.6. The van der Waals surface area contributed by atoms with E-state index in [1.807, 2.05) is 48.2 Å². The number of fused-ring (bicyclic) bond motifs is 1. The van der Waals surface area contributed by atoms with Crippen molar-refractivity contribution in [3.8, 4) is 5.75 Å². The zero-order valence-electron chi connectivity index (χ0n) is 14.0. The molecule has 0 fully saturated rings. The first-order chi connectivity index (χ1) is 11.1. The molecule has 1 aliphatic rings. The van der Waals surface area contributed by atoms with Crippen LogP contribution in [-0.2, 0) is 11.2 Å². The molecular weight excluding hydrogens is 286 g/mol. The van der Waals surface area contributed by atoms with Gasteiger partial charge in [-0.05, 0) is 42.5 Å². The maximum atomic E-state index is 12.8. The zero-order chi connectivity index (χ0) is 16.4. The van der Waals surface area contributed by atoms with Crippen LogP contribution in [-0.4, -0.2) is 18.6 Å². The second kappa shape index (κ2) is 6.45.